The maximum Gasteiger partial charge on any atom is 0.335 e. The molecule has 438 valence electrons. The van der Waals surface area contributed by atoms with E-state index < -0.39 is 67.3 Å². The Labute approximate surface area is 475 Å². The van der Waals surface area contributed by atoms with Crippen LogP contribution < -0.4 is 0 Å². The van der Waals surface area contributed by atoms with E-state index in [0.29, 0.717) is 19.3 Å². The predicted octanol–water partition coefficient (Wildman–Crippen LogP) is 15.1. The molecule has 0 bridgehead atoms. The summed E-state index contributed by atoms with van der Waals surface area (Å²) in [6.07, 6.45) is 66.6. The zero-order valence-electron chi connectivity index (χ0n) is 48.0. The number of esters is 3. The van der Waals surface area contributed by atoms with E-state index in [9.17, 15) is 34.5 Å². The normalized spacial score (nSPS) is 19.1. The Morgan fingerprint density at radius 2 is 0.797 bits per heavy atom. The summed E-state index contributed by atoms with van der Waals surface area (Å²) >= 11 is 0. The lowest BCUT2D eigenvalue weighted by Crippen LogP contribution is -2.61. The van der Waals surface area contributed by atoms with E-state index in [1.54, 1.807) is 18.2 Å². The minimum Gasteiger partial charge on any atom is -0.479 e. The Hall–Kier alpha value is -5.92. The van der Waals surface area contributed by atoms with Crippen molar-refractivity contribution in [3.05, 3.63) is 170 Å². The molecule has 79 heavy (non-hydrogen) atoms. The first-order valence-electron chi connectivity index (χ1n) is 29.1. The van der Waals surface area contributed by atoms with Gasteiger partial charge in [0.15, 0.2) is 24.6 Å². The van der Waals surface area contributed by atoms with Gasteiger partial charge in [-0.1, -0.05) is 217 Å². The van der Waals surface area contributed by atoms with E-state index in [-0.39, 0.29) is 25.9 Å². The highest BCUT2D eigenvalue weighted by Crippen LogP contribution is 2.26. The molecule has 6 atom stereocenters. The monoisotopic (exact) mass is 1090 g/mol. The van der Waals surface area contributed by atoms with Crippen LogP contribution >= 0.6 is 0 Å². The molecular weight excluding hydrogens is 997 g/mol. The van der Waals surface area contributed by atoms with Crippen LogP contribution in [0.5, 0.6) is 0 Å². The Bertz CT molecular complexity index is 2020. The highest BCUT2D eigenvalue weighted by molar-refractivity contribution is 5.74. The summed E-state index contributed by atoms with van der Waals surface area (Å²) < 4.78 is 28.1. The number of carbonyl (C=O) groups excluding carboxylic acids is 3. The van der Waals surface area contributed by atoms with Crippen molar-refractivity contribution < 1.29 is 58.2 Å². The number of allylic oxidation sites excluding steroid dienone is 26. The van der Waals surface area contributed by atoms with Gasteiger partial charge in [-0.3, -0.25) is 14.4 Å². The highest BCUT2D eigenvalue weighted by Gasteiger charge is 2.50. The lowest BCUT2D eigenvalue weighted by Gasteiger charge is -2.40. The van der Waals surface area contributed by atoms with Crippen LogP contribution in [0.3, 0.4) is 0 Å². The van der Waals surface area contributed by atoms with Crippen LogP contribution in [0.1, 0.15) is 175 Å². The molecule has 1 saturated heterocycles. The molecule has 0 aromatic rings. The number of hydrogen-bond acceptors (Lipinski definition) is 11. The van der Waals surface area contributed by atoms with Crippen molar-refractivity contribution in [3.63, 3.8) is 0 Å². The molecule has 1 heterocycles. The summed E-state index contributed by atoms with van der Waals surface area (Å²) in [6, 6.07) is 0. The number of aliphatic hydroxyl groups is 2. The lowest BCUT2D eigenvalue weighted by molar-refractivity contribution is -0.301. The third-order valence-corrected chi connectivity index (χ3v) is 11.8. The number of aliphatic hydroxyl groups excluding tert-OH is 2. The quantitative estimate of drug-likeness (QED) is 0.0228. The van der Waals surface area contributed by atoms with Gasteiger partial charge in [-0.05, 0) is 109 Å². The number of carbonyl (C=O) groups is 4. The van der Waals surface area contributed by atoms with Crippen molar-refractivity contribution in [1.82, 2.24) is 0 Å². The number of carboxylic acid groups (broad SMARTS) is 1. The minimum atomic E-state index is -1.96. The van der Waals surface area contributed by atoms with Crippen LogP contribution in [0, 0.1) is 0 Å². The van der Waals surface area contributed by atoms with Crippen LogP contribution in [-0.2, 0) is 42.9 Å². The summed E-state index contributed by atoms with van der Waals surface area (Å²) in [7, 11) is 0. The van der Waals surface area contributed by atoms with Crippen LogP contribution in [0.25, 0.3) is 0 Å². The summed E-state index contributed by atoms with van der Waals surface area (Å²) in [5.74, 6) is -3.51. The Morgan fingerprint density at radius 1 is 0.430 bits per heavy atom. The average molecular weight is 1100 g/mol. The second kappa shape index (κ2) is 52.8. The SMILES string of the molecule is CC/C=C\C/C=C\C/C=C\C/C=C\C/C=C\CC(=O)OC(COC(=O)CCCCCCCC/C=C\C/C=C\C/C=C\C/C=C\CC)COC1OC(C(=O)O)C(O)C(O)C1OC(=O)C/C=C\C/C=C\C/C=C\C/C=C\C/C=C\CC. The summed E-state index contributed by atoms with van der Waals surface area (Å²) in [5, 5.41) is 31.4. The first-order chi connectivity index (χ1) is 38.6. The van der Waals surface area contributed by atoms with Crippen molar-refractivity contribution in [2.24, 2.45) is 0 Å². The van der Waals surface area contributed by atoms with E-state index in [0.717, 1.165) is 116 Å². The molecular formula is C67H98O12. The fourth-order valence-electron chi connectivity index (χ4n) is 7.51. The van der Waals surface area contributed by atoms with E-state index in [1.165, 1.54) is 0 Å². The van der Waals surface area contributed by atoms with Gasteiger partial charge in [0, 0.05) is 6.42 Å². The van der Waals surface area contributed by atoms with Crippen LogP contribution in [0.4, 0.5) is 0 Å². The van der Waals surface area contributed by atoms with Gasteiger partial charge in [0.2, 0.25) is 0 Å². The van der Waals surface area contributed by atoms with Crippen LogP contribution in [0.2, 0.25) is 0 Å². The molecule has 0 aromatic heterocycles. The largest absolute Gasteiger partial charge is 0.479 e. The molecule has 0 amide bonds. The Balaban J connectivity index is 2.81. The molecule has 0 radical (unpaired) electrons. The molecule has 1 rings (SSSR count). The van der Waals surface area contributed by atoms with Gasteiger partial charge in [0.05, 0.1) is 19.4 Å². The highest BCUT2D eigenvalue weighted by atomic mass is 16.7. The molecule has 3 N–H and O–H groups in total. The lowest BCUT2D eigenvalue weighted by atomic mass is 9.98. The standard InChI is InChI=1S/C67H98O12/c1-4-7-10-13-16-19-22-25-28-29-30-31-34-35-38-41-44-47-50-53-59(68)75-56-58(77-60(69)54-51-48-45-42-39-36-32-26-23-20-17-14-11-8-5-2)57-76-67-65(63(72)62(71)64(79-67)66(73)74)78-61(70)55-52-49-46-43-40-37-33-27-24-21-18-15-12-9-6-3/h7-12,16-21,25-28,30-33,39-40,42-43,48-49,51-52,58,62-65,67,71-72H,4-6,13-15,22-24,29,34-38,41,44-47,50,53-57H2,1-3H3,(H,73,74)/b10-7-,11-8-,12-9-,19-16-,20-17-,21-18-,28-25-,31-30-,32-26-,33-27-,42-39-,43-40-,51-48-,52-49-. The van der Waals surface area contributed by atoms with Gasteiger partial charge in [0.25, 0.3) is 0 Å². The summed E-state index contributed by atoms with van der Waals surface area (Å²) in [5.41, 5.74) is 0. The molecule has 1 fully saturated rings. The maximum absolute atomic E-state index is 13.1. The molecule has 12 nitrogen and oxygen atoms in total. The second-order valence-electron chi connectivity index (χ2n) is 18.8. The third-order valence-electron chi connectivity index (χ3n) is 11.8. The van der Waals surface area contributed by atoms with Gasteiger partial charge in [-0.15, -0.1) is 0 Å². The summed E-state index contributed by atoms with van der Waals surface area (Å²) in [6.45, 7) is 5.48. The van der Waals surface area contributed by atoms with Crippen molar-refractivity contribution in [2.75, 3.05) is 13.2 Å². The van der Waals surface area contributed by atoms with Crippen LogP contribution in [-0.4, -0.2) is 89.2 Å². The zero-order valence-corrected chi connectivity index (χ0v) is 48.0. The van der Waals surface area contributed by atoms with E-state index in [4.69, 9.17) is 23.7 Å². The number of aliphatic carboxylic acids is 1. The van der Waals surface area contributed by atoms with Crippen molar-refractivity contribution in [3.8, 4) is 0 Å². The Kier molecular flexibility index (Phi) is 47.5. The third kappa shape index (κ3) is 42.7. The van der Waals surface area contributed by atoms with Gasteiger partial charge in [0.1, 0.15) is 18.8 Å². The van der Waals surface area contributed by atoms with E-state index >= 15 is 0 Å². The molecule has 12 heteroatoms. The molecule has 0 aromatic carbocycles. The number of unbranched alkanes of at least 4 members (excludes halogenated alkanes) is 6. The second-order valence-corrected chi connectivity index (χ2v) is 18.8. The van der Waals surface area contributed by atoms with Gasteiger partial charge < -0.3 is 39.0 Å². The maximum atomic E-state index is 13.1. The van der Waals surface area contributed by atoms with Gasteiger partial charge in [-0.2, -0.15) is 0 Å². The zero-order chi connectivity index (χ0) is 57.5. The fraction of sp³-hybridized carbons (Fsp3) is 0.522. The Morgan fingerprint density at radius 3 is 1.22 bits per heavy atom. The summed E-state index contributed by atoms with van der Waals surface area (Å²) in [4.78, 5) is 51.0. The molecule has 0 spiro atoms. The first-order valence-corrected chi connectivity index (χ1v) is 29.1. The smallest absolute Gasteiger partial charge is 0.335 e. The molecule has 0 aliphatic carbocycles. The van der Waals surface area contributed by atoms with Crippen LogP contribution in [0.15, 0.2) is 170 Å². The number of hydrogen-bond donors (Lipinski definition) is 3. The van der Waals surface area contributed by atoms with Crippen molar-refractivity contribution in [1.29, 1.82) is 0 Å². The minimum absolute atomic E-state index is 0.0939. The van der Waals surface area contributed by atoms with Crippen molar-refractivity contribution in [2.45, 2.75) is 212 Å². The van der Waals surface area contributed by atoms with Crippen molar-refractivity contribution >= 4 is 23.9 Å². The number of rotatable bonds is 46. The average Bonchev–Trinajstić information content (AvgIpc) is 3.46. The number of carboxylic acids is 1. The van der Waals surface area contributed by atoms with E-state index in [1.807, 2.05) is 30.4 Å². The molecule has 1 aliphatic heterocycles. The number of ether oxygens (including phenoxy) is 5. The topological polar surface area (TPSA) is 175 Å². The predicted molar refractivity (Wildman–Crippen MR) is 321 cm³/mol. The molecule has 1 aliphatic rings. The van der Waals surface area contributed by atoms with Gasteiger partial charge >= 0.3 is 23.9 Å². The molecule has 0 saturated carbocycles. The molecule has 6 unspecified atom stereocenters. The van der Waals surface area contributed by atoms with Gasteiger partial charge in [-0.25, -0.2) is 4.79 Å². The fourth-order valence-corrected chi connectivity index (χ4v) is 7.51. The van der Waals surface area contributed by atoms with E-state index in [2.05, 4.69) is 142 Å². The first kappa shape index (κ1) is 71.1.